The van der Waals surface area contributed by atoms with Crippen LogP contribution in [0, 0.1) is 11.7 Å². The van der Waals surface area contributed by atoms with Gasteiger partial charge in [0.1, 0.15) is 17.6 Å². The van der Waals surface area contributed by atoms with E-state index in [9.17, 15) is 22.4 Å². The van der Waals surface area contributed by atoms with Crippen LogP contribution in [0.2, 0.25) is 0 Å². The SMILES string of the molecule is CCOc1ccc(S(=O)(=O)N2CCN(C(=O)[C@@H](NC(=O)c3ccc(F)cc3)C(C)C)CC2)cc1. The lowest BCUT2D eigenvalue weighted by Crippen LogP contribution is -2.57. The van der Waals surface area contributed by atoms with Gasteiger partial charge in [0.2, 0.25) is 15.9 Å². The molecule has 0 spiro atoms. The number of carbonyl (C=O) groups excluding carboxylic acids is 2. The largest absolute Gasteiger partial charge is 0.494 e. The molecule has 34 heavy (non-hydrogen) atoms. The predicted molar refractivity (Wildman–Crippen MR) is 125 cm³/mol. The topological polar surface area (TPSA) is 96.0 Å². The second-order valence-corrected chi connectivity index (χ2v) is 10.3. The highest BCUT2D eigenvalue weighted by molar-refractivity contribution is 7.89. The van der Waals surface area contributed by atoms with Crippen LogP contribution in [0.1, 0.15) is 31.1 Å². The van der Waals surface area contributed by atoms with Crippen molar-refractivity contribution in [2.75, 3.05) is 32.8 Å². The first kappa shape index (κ1) is 25.6. The average molecular weight is 492 g/mol. The molecule has 0 bridgehead atoms. The normalized spacial score (nSPS) is 15.7. The van der Waals surface area contributed by atoms with Gasteiger partial charge < -0.3 is 15.0 Å². The fraction of sp³-hybridized carbons (Fsp3) is 0.417. The molecule has 1 aliphatic heterocycles. The van der Waals surface area contributed by atoms with Crippen molar-refractivity contribution in [2.24, 2.45) is 5.92 Å². The number of piperazine rings is 1. The number of hydrogen-bond donors (Lipinski definition) is 1. The molecule has 1 atom stereocenters. The lowest BCUT2D eigenvalue weighted by atomic mass is 10.0. The van der Waals surface area contributed by atoms with Crippen molar-refractivity contribution in [1.82, 2.24) is 14.5 Å². The van der Waals surface area contributed by atoms with Crippen LogP contribution < -0.4 is 10.1 Å². The Morgan fingerprint density at radius 2 is 1.59 bits per heavy atom. The zero-order valence-electron chi connectivity index (χ0n) is 19.5. The molecule has 10 heteroatoms. The van der Waals surface area contributed by atoms with Crippen molar-refractivity contribution < 1.29 is 27.1 Å². The van der Waals surface area contributed by atoms with E-state index in [-0.39, 0.29) is 48.5 Å². The molecule has 1 saturated heterocycles. The smallest absolute Gasteiger partial charge is 0.251 e. The van der Waals surface area contributed by atoms with E-state index in [0.717, 1.165) is 0 Å². The second kappa shape index (κ2) is 11.0. The van der Waals surface area contributed by atoms with Gasteiger partial charge in [0, 0.05) is 31.7 Å². The van der Waals surface area contributed by atoms with Crippen LogP contribution in [0.5, 0.6) is 5.75 Å². The molecule has 8 nitrogen and oxygen atoms in total. The third kappa shape index (κ3) is 5.92. The van der Waals surface area contributed by atoms with Crippen LogP contribution in [0.3, 0.4) is 0 Å². The van der Waals surface area contributed by atoms with Gasteiger partial charge in [0.15, 0.2) is 0 Å². The molecule has 2 aromatic rings. The Bertz CT molecular complexity index is 1100. The summed E-state index contributed by atoms with van der Waals surface area (Å²) in [5, 5.41) is 2.74. The molecule has 1 fully saturated rings. The number of nitrogens with one attached hydrogen (secondary N) is 1. The number of hydrogen-bond acceptors (Lipinski definition) is 5. The van der Waals surface area contributed by atoms with Crippen molar-refractivity contribution >= 4 is 21.8 Å². The third-order valence-corrected chi connectivity index (χ3v) is 7.56. The Morgan fingerprint density at radius 1 is 1.00 bits per heavy atom. The summed E-state index contributed by atoms with van der Waals surface area (Å²) in [5.74, 6) is -0.791. The van der Waals surface area contributed by atoms with E-state index in [1.165, 1.54) is 40.7 Å². The Labute approximate surface area is 199 Å². The van der Waals surface area contributed by atoms with Crippen LogP contribution in [0.15, 0.2) is 53.4 Å². The molecule has 184 valence electrons. The van der Waals surface area contributed by atoms with Gasteiger partial charge in [0.05, 0.1) is 11.5 Å². The molecule has 2 aromatic carbocycles. The highest BCUT2D eigenvalue weighted by Gasteiger charge is 2.34. The fourth-order valence-corrected chi connectivity index (χ4v) is 5.13. The number of halogens is 1. The standard InChI is InChI=1S/C24H30FN3O5S/c1-4-33-20-9-11-21(12-10-20)34(31,32)28-15-13-27(14-16-28)24(30)22(17(2)3)26-23(29)18-5-7-19(25)8-6-18/h5-12,17,22H,4,13-16H2,1-3H3,(H,26,29)/t22-/m0/s1. The number of amides is 2. The summed E-state index contributed by atoms with van der Waals surface area (Å²) in [6, 6.07) is 10.6. The van der Waals surface area contributed by atoms with Crippen molar-refractivity contribution in [3.8, 4) is 5.75 Å². The van der Waals surface area contributed by atoms with Gasteiger partial charge in [0.25, 0.3) is 5.91 Å². The summed E-state index contributed by atoms with van der Waals surface area (Å²) in [7, 11) is -3.70. The lowest BCUT2D eigenvalue weighted by molar-refractivity contribution is -0.135. The molecule has 0 aliphatic carbocycles. The highest BCUT2D eigenvalue weighted by atomic mass is 32.2. The summed E-state index contributed by atoms with van der Waals surface area (Å²) >= 11 is 0. The van der Waals surface area contributed by atoms with Crippen molar-refractivity contribution in [3.05, 3.63) is 59.9 Å². The van der Waals surface area contributed by atoms with Crippen LogP contribution in [-0.2, 0) is 14.8 Å². The summed E-state index contributed by atoms with van der Waals surface area (Å²) in [4.78, 5) is 27.5. The van der Waals surface area contributed by atoms with Crippen molar-refractivity contribution in [2.45, 2.75) is 31.7 Å². The minimum atomic E-state index is -3.70. The number of ether oxygens (including phenoxy) is 1. The maximum absolute atomic E-state index is 13.2. The predicted octanol–water partition coefficient (Wildman–Crippen LogP) is 2.51. The molecule has 3 rings (SSSR count). The molecule has 0 aromatic heterocycles. The fourth-order valence-electron chi connectivity index (χ4n) is 3.71. The van der Waals surface area contributed by atoms with Gasteiger partial charge in [-0.05, 0) is 61.4 Å². The molecule has 1 N–H and O–H groups in total. The minimum absolute atomic E-state index is 0.151. The molecule has 0 radical (unpaired) electrons. The zero-order valence-corrected chi connectivity index (χ0v) is 20.3. The first-order valence-corrected chi connectivity index (χ1v) is 12.7. The van der Waals surface area contributed by atoms with Gasteiger partial charge in [-0.1, -0.05) is 13.8 Å². The van der Waals surface area contributed by atoms with Gasteiger partial charge in [-0.25, -0.2) is 12.8 Å². The van der Waals surface area contributed by atoms with Crippen LogP contribution in [0.4, 0.5) is 4.39 Å². The van der Waals surface area contributed by atoms with Gasteiger partial charge in [-0.15, -0.1) is 0 Å². The van der Waals surface area contributed by atoms with Gasteiger partial charge >= 0.3 is 0 Å². The van der Waals surface area contributed by atoms with Crippen LogP contribution in [-0.4, -0.2) is 68.3 Å². The average Bonchev–Trinajstić information content (AvgIpc) is 2.83. The van der Waals surface area contributed by atoms with Gasteiger partial charge in [-0.3, -0.25) is 9.59 Å². The number of nitrogens with zero attached hydrogens (tertiary/aromatic N) is 2. The van der Waals surface area contributed by atoms with E-state index < -0.39 is 27.8 Å². The summed E-state index contributed by atoms with van der Waals surface area (Å²) in [5.41, 5.74) is 0.256. The maximum Gasteiger partial charge on any atom is 0.251 e. The molecular formula is C24H30FN3O5S. The third-order valence-electron chi connectivity index (χ3n) is 5.65. The van der Waals surface area contributed by atoms with Crippen molar-refractivity contribution in [3.63, 3.8) is 0 Å². The summed E-state index contributed by atoms with van der Waals surface area (Å²) in [6.45, 7) is 6.71. The zero-order chi connectivity index (χ0) is 24.9. The van der Waals surface area contributed by atoms with Gasteiger partial charge in [-0.2, -0.15) is 4.31 Å². The molecular weight excluding hydrogens is 461 g/mol. The van der Waals surface area contributed by atoms with Crippen molar-refractivity contribution in [1.29, 1.82) is 0 Å². The molecule has 2 amide bonds. The molecule has 1 heterocycles. The number of benzene rings is 2. The number of carbonyl (C=O) groups is 2. The minimum Gasteiger partial charge on any atom is -0.494 e. The highest BCUT2D eigenvalue weighted by Crippen LogP contribution is 2.21. The Hall–Kier alpha value is -2.98. The maximum atomic E-state index is 13.2. The van der Waals surface area contributed by atoms with E-state index in [4.69, 9.17) is 4.74 Å². The van der Waals surface area contributed by atoms with E-state index in [2.05, 4.69) is 5.32 Å². The van der Waals surface area contributed by atoms with E-state index in [1.54, 1.807) is 17.0 Å². The Balaban J connectivity index is 1.63. The first-order chi connectivity index (χ1) is 16.1. The quantitative estimate of drug-likeness (QED) is 0.612. The Kier molecular flexibility index (Phi) is 8.27. The lowest BCUT2D eigenvalue weighted by Gasteiger charge is -2.36. The summed E-state index contributed by atoms with van der Waals surface area (Å²) < 4.78 is 45.9. The molecule has 0 saturated carbocycles. The van der Waals surface area contributed by atoms with Crippen LogP contribution in [0.25, 0.3) is 0 Å². The molecule has 0 unspecified atom stereocenters. The first-order valence-electron chi connectivity index (χ1n) is 11.2. The van der Waals surface area contributed by atoms with E-state index in [1.807, 2.05) is 20.8 Å². The number of sulfonamides is 1. The molecule has 1 aliphatic rings. The van der Waals surface area contributed by atoms with E-state index >= 15 is 0 Å². The monoisotopic (exact) mass is 491 g/mol. The van der Waals surface area contributed by atoms with E-state index in [0.29, 0.717) is 12.4 Å². The number of rotatable bonds is 8. The Morgan fingerprint density at radius 3 is 2.12 bits per heavy atom. The summed E-state index contributed by atoms with van der Waals surface area (Å²) in [6.07, 6.45) is 0. The second-order valence-electron chi connectivity index (χ2n) is 8.34. The van der Waals surface area contributed by atoms with Crippen LogP contribution >= 0.6 is 0 Å².